The average molecular weight is 303 g/mol. The van der Waals surface area contributed by atoms with Gasteiger partial charge in [0.25, 0.3) is 0 Å². The van der Waals surface area contributed by atoms with Crippen molar-refractivity contribution in [2.24, 2.45) is 0 Å². The molecule has 1 fully saturated rings. The smallest absolute Gasteiger partial charge is 0.334 e. The van der Waals surface area contributed by atoms with Crippen molar-refractivity contribution in [2.45, 2.75) is 6.04 Å². The molecule has 0 radical (unpaired) electrons. The van der Waals surface area contributed by atoms with Gasteiger partial charge in [0.2, 0.25) is 11.6 Å². The van der Waals surface area contributed by atoms with Crippen molar-refractivity contribution in [3.63, 3.8) is 0 Å². The molecule has 0 saturated carbocycles. The lowest BCUT2D eigenvalue weighted by Crippen LogP contribution is -2.46. The summed E-state index contributed by atoms with van der Waals surface area (Å²) in [4.78, 5) is 39.2. The number of fused-ring (bicyclic) bond motifs is 1. The van der Waals surface area contributed by atoms with Crippen molar-refractivity contribution in [1.29, 1.82) is 0 Å². The fourth-order valence-corrected chi connectivity index (χ4v) is 2.77. The summed E-state index contributed by atoms with van der Waals surface area (Å²) in [5.41, 5.74) is 1.57. The highest BCUT2D eigenvalue weighted by atomic mass is 16.4. The van der Waals surface area contributed by atoms with Crippen LogP contribution in [0.4, 0.5) is 11.4 Å². The molecule has 2 aliphatic rings. The van der Waals surface area contributed by atoms with Crippen LogP contribution in [0.15, 0.2) is 18.2 Å². The zero-order valence-corrected chi connectivity index (χ0v) is 12.2. The first-order chi connectivity index (χ1) is 10.5. The largest absolute Gasteiger partial charge is 0.479 e. The molecular weight excluding hydrogens is 286 g/mol. The molecule has 1 saturated heterocycles. The van der Waals surface area contributed by atoms with E-state index in [0.717, 1.165) is 31.9 Å². The van der Waals surface area contributed by atoms with Crippen molar-refractivity contribution in [2.75, 3.05) is 43.4 Å². The molecule has 2 aliphatic heterocycles. The van der Waals surface area contributed by atoms with E-state index in [9.17, 15) is 14.4 Å². The van der Waals surface area contributed by atoms with E-state index in [-0.39, 0.29) is 5.56 Å². The van der Waals surface area contributed by atoms with Gasteiger partial charge in [-0.05, 0) is 25.2 Å². The molecule has 0 bridgehead atoms. The van der Waals surface area contributed by atoms with Gasteiger partial charge >= 0.3 is 5.97 Å². The molecule has 7 nitrogen and oxygen atoms in total. The van der Waals surface area contributed by atoms with Crippen molar-refractivity contribution in [1.82, 2.24) is 4.90 Å². The average Bonchev–Trinajstić information content (AvgIpc) is 2.51. The van der Waals surface area contributed by atoms with Crippen LogP contribution >= 0.6 is 0 Å². The number of Topliss-reactive ketones (excluding diaryl/α,β-unsaturated/α-hetero) is 2. The maximum atomic E-state index is 12.0. The molecule has 0 aliphatic carbocycles. The number of carboxylic acids is 1. The summed E-state index contributed by atoms with van der Waals surface area (Å²) in [6.45, 7) is 3.62. The monoisotopic (exact) mass is 303 g/mol. The first-order valence-corrected chi connectivity index (χ1v) is 7.13. The summed E-state index contributed by atoms with van der Waals surface area (Å²) in [6.07, 6.45) is 0. The number of benzene rings is 1. The van der Waals surface area contributed by atoms with E-state index in [1.54, 1.807) is 18.2 Å². The number of nitrogens with zero attached hydrogens (tertiary/aromatic N) is 2. The van der Waals surface area contributed by atoms with Gasteiger partial charge in [-0.25, -0.2) is 4.79 Å². The highest BCUT2D eigenvalue weighted by Gasteiger charge is 2.38. The van der Waals surface area contributed by atoms with Crippen molar-refractivity contribution in [3.8, 4) is 0 Å². The number of carboxylic acid groups (broad SMARTS) is 1. The second kappa shape index (κ2) is 5.42. The minimum absolute atomic E-state index is 0.236. The van der Waals surface area contributed by atoms with Crippen molar-refractivity contribution >= 4 is 28.9 Å². The standard InChI is InChI=1S/C15H17N3O4/c1-17-4-6-18(7-5-17)9-2-3-10-11(8-9)16-12(15(21)22)14(20)13(10)19/h2-3,8,12,16H,4-7H2,1H3,(H,21,22). The third-order valence-electron chi connectivity index (χ3n) is 4.15. The Balaban J connectivity index is 1.90. The molecule has 116 valence electrons. The first-order valence-electron chi connectivity index (χ1n) is 7.13. The Hall–Kier alpha value is -2.41. The number of piperazine rings is 1. The molecule has 2 N–H and O–H groups in total. The first kappa shape index (κ1) is 14.5. The van der Waals surface area contributed by atoms with Gasteiger partial charge in [0.05, 0.1) is 0 Å². The molecular formula is C15H17N3O4. The minimum atomic E-state index is -1.50. The molecule has 0 amide bonds. The lowest BCUT2D eigenvalue weighted by atomic mass is 9.95. The highest BCUT2D eigenvalue weighted by molar-refractivity contribution is 6.51. The summed E-state index contributed by atoms with van der Waals surface area (Å²) in [5, 5.41) is 11.7. The Bertz CT molecular complexity index is 650. The maximum absolute atomic E-state index is 12.0. The van der Waals surface area contributed by atoms with E-state index in [1.807, 2.05) is 0 Å². The number of carbonyl (C=O) groups excluding carboxylic acids is 2. The predicted molar refractivity (Wildman–Crippen MR) is 80.5 cm³/mol. The number of rotatable bonds is 2. The van der Waals surface area contributed by atoms with E-state index < -0.39 is 23.6 Å². The molecule has 1 unspecified atom stereocenters. The van der Waals surface area contributed by atoms with E-state index in [2.05, 4.69) is 22.2 Å². The van der Waals surface area contributed by atoms with E-state index >= 15 is 0 Å². The van der Waals surface area contributed by atoms with Gasteiger partial charge in [0.1, 0.15) is 0 Å². The number of carbonyl (C=O) groups is 3. The zero-order valence-electron chi connectivity index (χ0n) is 12.2. The highest BCUT2D eigenvalue weighted by Crippen LogP contribution is 2.29. The third-order valence-corrected chi connectivity index (χ3v) is 4.15. The molecule has 1 atom stereocenters. The fraction of sp³-hybridized carbons (Fsp3) is 0.400. The topological polar surface area (TPSA) is 89.9 Å². The van der Waals surface area contributed by atoms with Crippen LogP contribution in [0.1, 0.15) is 10.4 Å². The minimum Gasteiger partial charge on any atom is -0.479 e. The number of anilines is 2. The van der Waals surface area contributed by atoms with Gasteiger partial charge in [-0.2, -0.15) is 0 Å². The summed E-state index contributed by atoms with van der Waals surface area (Å²) >= 11 is 0. The van der Waals surface area contributed by atoms with Crippen LogP contribution in [-0.2, 0) is 9.59 Å². The van der Waals surface area contributed by atoms with Crippen molar-refractivity contribution < 1.29 is 19.5 Å². The van der Waals surface area contributed by atoms with Crippen LogP contribution in [-0.4, -0.2) is 66.8 Å². The van der Waals surface area contributed by atoms with Gasteiger partial charge in [0.15, 0.2) is 6.04 Å². The van der Waals surface area contributed by atoms with Crippen LogP contribution in [0.3, 0.4) is 0 Å². The maximum Gasteiger partial charge on any atom is 0.334 e. The van der Waals surface area contributed by atoms with Gasteiger partial charge < -0.3 is 20.2 Å². The van der Waals surface area contributed by atoms with Gasteiger partial charge in [-0.3, -0.25) is 9.59 Å². The van der Waals surface area contributed by atoms with Crippen LogP contribution in [0.5, 0.6) is 0 Å². The fourth-order valence-electron chi connectivity index (χ4n) is 2.77. The van der Waals surface area contributed by atoms with Gasteiger partial charge in [0, 0.05) is 43.1 Å². The number of hydrogen-bond acceptors (Lipinski definition) is 6. The number of ketones is 2. The van der Waals surface area contributed by atoms with E-state index in [1.165, 1.54) is 0 Å². The third kappa shape index (κ3) is 2.43. The summed E-state index contributed by atoms with van der Waals surface area (Å²) in [7, 11) is 2.06. The number of hydrogen-bond donors (Lipinski definition) is 2. The number of aliphatic carboxylic acids is 1. The van der Waals surface area contributed by atoms with Gasteiger partial charge in [-0.1, -0.05) is 0 Å². The second-order valence-corrected chi connectivity index (χ2v) is 5.63. The predicted octanol–water partition coefficient (Wildman–Crippen LogP) is 0.0689. The Morgan fingerprint density at radius 1 is 1.23 bits per heavy atom. The molecule has 22 heavy (non-hydrogen) atoms. The summed E-state index contributed by atoms with van der Waals surface area (Å²) in [6, 6.07) is 3.65. The van der Waals surface area contributed by atoms with Crippen LogP contribution in [0.25, 0.3) is 0 Å². The molecule has 3 rings (SSSR count). The van der Waals surface area contributed by atoms with Gasteiger partial charge in [-0.15, -0.1) is 0 Å². The quantitative estimate of drug-likeness (QED) is 0.590. The Morgan fingerprint density at radius 2 is 1.91 bits per heavy atom. The summed E-state index contributed by atoms with van der Waals surface area (Å²) in [5.74, 6) is -3.01. The molecule has 1 aromatic rings. The number of nitrogens with one attached hydrogen (secondary N) is 1. The van der Waals surface area contributed by atoms with Crippen LogP contribution < -0.4 is 10.2 Å². The second-order valence-electron chi connectivity index (χ2n) is 5.63. The Kier molecular flexibility index (Phi) is 3.58. The van der Waals surface area contributed by atoms with Crippen molar-refractivity contribution in [3.05, 3.63) is 23.8 Å². The van der Waals surface area contributed by atoms with Crippen LogP contribution in [0, 0.1) is 0 Å². The lowest BCUT2D eigenvalue weighted by Gasteiger charge is -2.34. The van der Waals surface area contributed by atoms with E-state index in [4.69, 9.17) is 5.11 Å². The van der Waals surface area contributed by atoms with E-state index in [0.29, 0.717) is 5.69 Å². The zero-order chi connectivity index (χ0) is 15.9. The molecule has 7 heteroatoms. The summed E-state index contributed by atoms with van der Waals surface area (Å²) < 4.78 is 0. The molecule has 0 spiro atoms. The number of likely N-dealkylation sites (N-methyl/N-ethyl adjacent to an activating group) is 1. The molecule has 0 aromatic heterocycles. The molecule has 1 aromatic carbocycles. The lowest BCUT2D eigenvalue weighted by molar-refractivity contribution is -0.140. The Morgan fingerprint density at radius 3 is 2.55 bits per heavy atom. The normalized spacial score (nSPS) is 22.2. The SMILES string of the molecule is CN1CCN(c2ccc3c(c2)NC(C(=O)O)C(=O)C3=O)CC1. The Labute approximate surface area is 127 Å². The molecule has 2 heterocycles. The van der Waals surface area contributed by atoms with Crippen LogP contribution in [0.2, 0.25) is 0 Å².